The third kappa shape index (κ3) is 4.32. The van der Waals surface area contributed by atoms with Gasteiger partial charge in [-0.1, -0.05) is 30.3 Å². The van der Waals surface area contributed by atoms with Crippen molar-refractivity contribution in [2.24, 2.45) is 0 Å². The number of hydrogen-bond donors (Lipinski definition) is 1. The van der Waals surface area contributed by atoms with Crippen molar-refractivity contribution in [1.29, 1.82) is 0 Å². The maximum absolute atomic E-state index is 13.1. The average molecular weight is 447 g/mol. The van der Waals surface area contributed by atoms with E-state index in [9.17, 15) is 14.7 Å². The predicted molar refractivity (Wildman–Crippen MR) is 122 cm³/mol. The Labute approximate surface area is 191 Å². The van der Waals surface area contributed by atoms with Crippen LogP contribution in [0.4, 0.5) is 0 Å². The van der Waals surface area contributed by atoms with Gasteiger partial charge in [0.1, 0.15) is 17.3 Å². The van der Waals surface area contributed by atoms with Crippen LogP contribution >= 0.6 is 0 Å². The van der Waals surface area contributed by atoms with E-state index in [1.807, 2.05) is 41.1 Å². The normalized spacial score (nSPS) is 17.4. The van der Waals surface area contributed by atoms with Gasteiger partial charge in [0, 0.05) is 31.5 Å². The number of nitrogens with zero attached hydrogens (tertiary/aromatic N) is 3. The van der Waals surface area contributed by atoms with E-state index in [0.29, 0.717) is 36.6 Å². The minimum absolute atomic E-state index is 0.0392. The van der Waals surface area contributed by atoms with Crippen LogP contribution in [-0.4, -0.2) is 52.0 Å². The van der Waals surface area contributed by atoms with Crippen molar-refractivity contribution in [3.63, 3.8) is 0 Å². The molecule has 0 spiro atoms. The van der Waals surface area contributed by atoms with Crippen molar-refractivity contribution < 1.29 is 24.2 Å². The molecule has 1 fully saturated rings. The number of carbonyl (C=O) groups is 2. The average Bonchev–Trinajstić information content (AvgIpc) is 3.46. The molecule has 2 heterocycles. The van der Waals surface area contributed by atoms with Crippen LogP contribution in [0.15, 0.2) is 72.8 Å². The fraction of sp³-hybridized carbons (Fsp3) is 0.240. The van der Waals surface area contributed by atoms with Crippen LogP contribution in [0.5, 0.6) is 11.5 Å². The molecule has 1 atom stereocenters. The summed E-state index contributed by atoms with van der Waals surface area (Å²) in [6, 6.07) is 13.4. The molecule has 1 amide bonds. The van der Waals surface area contributed by atoms with Gasteiger partial charge in [-0.05, 0) is 24.1 Å². The number of aliphatic hydroxyl groups excluding tert-OH is 1. The number of ketones is 1. The van der Waals surface area contributed by atoms with Gasteiger partial charge in [0.2, 0.25) is 0 Å². The van der Waals surface area contributed by atoms with Crippen LogP contribution in [0.1, 0.15) is 23.6 Å². The number of amides is 1. The molecule has 33 heavy (non-hydrogen) atoms. The zero-order valence-corrected chi connectivity index (χ0v) is 18.5. The van der Waals surface area contributed by atoms with Crippen LogP contribution in [0, 0.1) is 0 Å². The van der Waals surface area contributed by atoms with Gasteiger partial charge in [-0.15, -0.1) is 0 Å². The zero-order valence-electron chi connectivity index (χ0n) is 18.5. The molecule has 3 aromatic rings. The summed E-state index contributed by atoms with van der Waals surface area (Å²) in [5, 5.41) is 11.3. The summed E-state index contributed by atoms with van der Waals surface area (Å²) in [5.41, 5.74) is 1.10. The van der Waals surface area contributed by atoms with E-state index >= 15 is 0 Å². The molecule has 2 aromatic carbocycles. The summed E-state index contributed by atoms with van der Waals surface area (Å²) in [5.74, 6) is -0.753. The number of benzene rings is 2. The Hall–Kier alpha value is -4.07. The van der Waals surface area contributed by atoms with Gasteiger partial charge < -0.3 is 24.0 Å². The predicted octanol–water partition coefficient (Wildman–Crippen LogP) is 3.41. The maximum atomic E-state index is 13.1. The van der Waals surface area contributed by atoms with Crippen LogP contribution < -0.4 is 9.47 Å². The van der Waals surface area contributed by atoms with E-state index in [1.165, 1.54) is 19.1 Å². The highest BCUT2D eigenvalue weighted by Gasteiger charge is 2.46. The van der Waals surface area contributed by atoms with Crippen molar-refractivity contribution in [3.8, 4) is 11.5 Å². The Bertz CT molecular complexity index is 1170. The number of likely N-dealkylation sites (tertiary alicyclic amines) is 1. The van der Waals surface area contributed by atoms with E-state index in [2.05, 4.69) is 4.98 Å². The smallest absolute Gasteiger partial charge is 0.295 e. The van der Waals surface area contributed by atoms with Crippen LogP contribution in [0.25, 0.3) is 5.76 Å². The summed E-state index contributed by atoms with van der Waals surface area (Å²) in [6.07, 6.45) is 5.87. The summed E-state index contributed by atoms with van der Waals surface area (Å²) in [7, 11) is 2.99. The van der Waals surface area contributed by atoms with Gasteiger partial charge in [-0.2, -0.15) is 0 Å². The quantitative estimate of drug-likeness (QED) is 0.323. The largest absolute Gasteiger partial charge is 0.507 e. The number of aryl methyl sites for hydroxylation is 1. The highest BCUT2D eigenvalue weighted by atomic mass is 16.5. The second-order valence-electron chi connectivity index (χ2n) is 7.62. The van der Waals surface area contributed by atoms with Crippen molar-refractivity contribution in [1.82, 2.24) is 14.5 Å². The molecule has 170 valence electrons. The molecule has 0 bridgehead atoms. The molecule has 4 rings (SSSR count). The number of hydrogen-bond acceptors (Lipinski definition) is 6. The number of aliphatic hydroxyl groups is 1. The molecule has 1 saturated heterocycles. The first-order chi connectivity index (χ1) is 16.0. The van der Waals surface area contributed by atoms with Crippen LogP contribution in [-0.2, 0) is 16.1 Å². The first kappa shape index (κ1) is 22.1. The van der Waals surface area contributed by atoms with Crippen molar-refractivity contribution >= 4 is 17.4 Å². The summed E-state index contributed by atoms with van der Waals surface area (Å²) < 4.78 is 12.5. The lowest BCUT2D eigenvalue weighted by Crippen LogP contribution is -2.31. The molecule has 1 N–H and O–H groups in total. The maximum Gasteiger partial charge on any atom is 0.295 e. The number of carbonyl (C=O) groups excluding carboxylic acids is 2. The second-order valence-corrected chi connectivity index (χ2v) is 7.62. The number of ether oxygens (including phenoxy) is 2. The van der Waals surface area contributed by atoms with Gasteiger partial charge in [0.15, 0.2) is 0 Å². The van der Waals surface area contributed by atoms with Crippen LogP contribution in [0.2, 0.25) is 0 Å². The molecule has 0 saturated carbocycles. The summed E-state index contributed by atoms with van der Waals surface area (Å²) in [6.45, 7) is 0.996. The van der Waals surface area contributed by atoms with Crippen molar-refractivity contribution in [3.05, 3.63) is 84.0 Å². The molecule has 0 aliphatic carbocycles. The molecule has 1 aromatic heterocycles. The SMILES string of the molecule is COc1ccc(C(O)=C2C(=O)C(=O)N(CCCn3ccnc3)C2c2ccccc2)c(OC)c1. The Kier molecular flexibility index (Phi) is 6.44. The number of methoxy groups -OCH3 is 2. The second kappa shape index (κ2) is 9.60. The van der Waals surface area contributed by atoms with E-state index < -0.39 is 17.7 Å². The van der Waals surface area contributed by atoms with E-state index in [-0.39, 0.29) is 11.3 Å². The Morgan fingerprint density at radius 3 is 2.52 bits per heavy atom. The monoisotopic (exact) mass is 447 g/mol. The molecule has 8 heteroatoms. The standard InChI is InChI=1S/C25H25N3O5/c1-32-18-9-10-19(20(15-18)33-2)23(29)21-22(17-7-4-3-5-8-17)28(25(31)24(21)30)13-6-12-27-14-11-26-16-27/h3-5,7-11,14-16,22,29H,6,12-13H2,1-2H3. The van der Waals surface area contributed by atoms with Gasteiger partial charge in [-0.25, -0.2) is 4.98 Å². The first-order valence-corrected chi connectivity index (χ1v) is 10.6. The molecule has 1 aliphatic heterocycles. The Balaban J connectivity index is 1.75. The lowest BCUT2D eigenvalue weighted by atomic mass is 9.95. The third-order valence-corrected chi connectivity index (χ3v) is 5.69. The number of imidazole rings is 1. The fourth-order valence-corrected chi connectivity index (χ4v) is 4.07. The summed E-state index contributed by atoms with van der Waals surface area (Å²) in [4.78, 5) is 31.7. The van der Waals surface area contributed by atoms with E-state index in [4.69, 9.17) is 9.47 Å². The minimum atomic E-state index is -0.721. The van der Waals surface area contributed by atoms with Crippen molar-refractivity contribution in [2.45, 2.75) is 19.0 Å². The van der Waals surface area contributed by atoms with Gasteiger partial charge >= 0.3 is 0 Å². The first-order valence-electron chi connectivity index (χ1n) is 10.6. The molecular weight excluding hydrogens is 422 g/mol. The van der Waals surface area contributed by atoms with Crippen LogP contribution in [0.3, 0.4) is 0 Å². The molecule has 0 radical (unpaired) electrons. The lowest BCUT2D eigenvalue weighted by molar-refractivity contribution is -0.139. The van der Waals surface area contributed by atoms with Gasteiger partial charge in [0.05, 0.1) is 37.7 Å². The number of aromatic nitrogens is 2. The fourth-order valence-electron chi connectivity index (χ4n) is 4.07. The van der Waals surface area contributed by atoms with Gasteiger partial charge in [0.25, 0.3) is 11.7 Å². The minimum Gasteiger partial charge on any atom is -0.507 e. The Morgan fingerprint density at radius 2 is 1.85 bits per heavy atom. The van der Waals surface area contributed by atoms with E-state index in [1.54, 1.807) is 30.7 Å². The molecule has 1 aliphatic rings. The number of rotatable bonds is 8. The number of Topliss-reactive ketones (excluding diaryl/α,β-unsaturated/α-hetero) is 1. The molecular formula is C25H25N3O5. The zero-order chi connectivity index (χ0) is 23.4. The highest BCUT2D eigenvalue weighted by molar-refractivity contribution is 6.46. The Morgan fingerprint density at radius 1 is 1.06 bits per heavy atom. The third-order valence-electron chi connectivity index (χ3n) is 5.69. The molecule has 1 unspecified atom stereocenters. The molecule has 8 nitrogen and oxygen atoms in total. The topological polar surface area (TPSA) is 93.9 Å². The summed E-state index contributed by atoms with van der Waals surface area (Å²) >= 11 is 0. The lowest BCUT2D eigenvalue weighted by Gasteiger charge is -2.25. The van der Waals surface area contributed by atoms with Gasteiger partial charge in [-0.3, -0.25) is 9.59 Å². The highest BCUT2D eigenvalue weighted by Crippen LogP contribution is 2.41. The van der Waals surface area contributed by atoms with Crippen molar-refractivity contribution in [2.75, 3.05) is 20.8 Å². The van der Waals surface area contributed by atoms with E-state index in [0.717, 1.165) is 5.56 Å².